The summed E-state index contributed by atoms with van der Waals surface area (Å²) in [5.41, 5.74) is 2.48. The van der Waals surface area contributed by atoms with E-state index < -0.39 is 15.9 Å². The number of halogens is 1. The van der Waals surface area contributed by atoms with Gasteiger partial charge >= 0.3 is 0 Å². The summed E-state index contributed by atoms with van der Waals surface area (Å²) in [5.74, 6) is -0.755. The molecule has 0 saturated heterocycles. The van der Waals surface area contributed by atoms with Gasteiger partial charge in [-0.05, 0) is 43.2 Å². The molecular weight excluding hydrogens is 343 g/mol. The standard InChI is InChI=1S/C18H21FN2O3S/c1-14-3-9-17(10-4-14)20-18(22)13-21(25(2,23)24)12-11-15-5-7-16(19)8-6-15/h3-10H,11-13H2,1-2H3,(H,20,22). The molecule has 2 aromatic carbocycles. The second kappa shape index (κ2) is 8.22. The van der Waals surface area contributed by atoms with Crippen LogP contribution < -0.4 is 5.32 Å². The molecule has 0 saturated carbocycles. The molecule has 0 bridgehead atoms. The molecule has 1 N–H and O–H groups in total. The third kappa shape index (κ3) is 6.28. The van der Waals surface area contributed by atoms with Crippen LogP contribution in [0.5, 0.6) is 0 Å². The number of anilines is 1. The number of carbonyl (C=O) groups excluding carboxylic acids is 1. The predicted octanol–water partition coefficient (Wildman–Crippen LogP) is 2.58. The molecule has 0 fully saturated rings. The van der Waals surface area contributed by atoms with Crippen molar-refractivity contribution >= 4 is 21.6 Å². The van der Waals surface area contributed by atoms with Gasteiger partial charge in [0.25, 0.3) is 0 Å². The lowest BCUT2D eigenvalue weighted by Gasteiger charge is -2.19. The Labute approximate surface area is 147 Å². The maximum absolute atomic E-state index is 12.9. The average molecular weight is 364 g/mol. The highest BCUT2D eigenvalue weighted by Gasteiger charge is 2.20. The van der Waals surface area contributed by atoms with Crippen LogP contribution in [0.1, 0.15) is 11.1 Å². The Balaban J connectivity index is 1.98. The van der Waals surface area contributed by atoms with E-state index in [0.29, 0.717) is 12.1 Å². The fourth-order valence-corrected chi connectivity index (χ4v) is 3.04. The van der Waals surface area contributed by atoms with Crippen molar-refractivity contribution in [3.05, 3.63) is 65.5 Å². The number of sulfonamides is 1. The van der Waals surface area contributed by atoms with Crippen LogP contribution in [-0.2, 0) is 21.2 Å². The predicted molar refractivity (Wildman–Crippen MR) is 96.3 cm³/mol. The molecule has 0 aliphatic heterocycles. The van der Waals surface area contributed by atoms with Crippen molar-refractivity contribution in [2.45, 2.75) is 13.3 Å². The summed E-state index contributed by atoms with van der Waals surface area (Å²) >= 11 is 0. The van der Waals surface area contributed by atoms with Crippen LogP contribution >= 0.6 is 0 Å². The van der Waals surface area contributed by atoms with E-state index in [-0.39, 0.29) is 18.9 Å². The number of benzene rings is 2. The largest absolute Gasteiger partial charge is 0.325 e. The van der Waals surface area contributed by atoms with Crippen LogP contribution in [0.2, 0.25) is 0 Å². The van der Waals surface area contributed by atoms with E-state index in [0.717, 1.165) is 21.7 Å². The first-order valence-corrected chi connectivity index (χ1v) is 9.65. The lowest BCUT2D eigenvalue weighted by molar-refractivity contribution is -0.116. The monoisotopic (exact) mass is 364 g/mol. The summed E-state index contributed by atoms with van der Waals surface area (Å²) in [7, 11) is -3.54. The average Bonchev–Trinajstić information content (AvgIpc) is 2.54. The Bertz CT molecular complexity index is 818. The minimum atomic E-state index is -3.54. The van der Waals surface area contributed by atoms with E-state index in [2.05, 4.69) is 5.32 Å². The minimum absolute atomic E-state index is 0.145. The number of rotatable bonds is 7. The van der Waals surface area contributed by atoms with Crippen LogP contribution in [0.3, 0.4) is 0 Å². The number of carbonyl (C=O) groups is 1. The first kappa shape index (κ1) is 19.1. The number of nitrogens with one attached hydrogen (secondary N) is 1. The molecular formula is C18H21FN2O3S. The third-order valence-electron chi connectivity index (χ3n) is 3.69. The van der Waals surface area contributed by atoms with Gasteiger partial charge in [0.15, 0.2) is 0 Å². The molecule has 134 valence electrons. The molecule has 2 rings (SSSR count). The molecule has 0 aromatic heterocycles. The molecule has 7 heteroatoms. The Kier molecular flexibility index (Phi) is 6.27. The summed E-state index contributed by atoms with van der Waals surface area (Å²) in [6, 6.07) is 13.1. The van der Waals surface area contributed by atoms with Crippen molar-refractivity contribution in [2.24, 2.45) is 0 Å². The molecule has 0 unspecified atom stereocenters. The fourth-order valence-electron chi connectivity index (χ4n) is 2.26. The van der Waals surface area contributed by atoms with Gasteiger partial charge in [-0.15, -0.1) is 0 Å². The van der Waals surface area contributed by atoms with Crippen LogP contribution in [-0.4, -0.2) is 38.0 Å². The van der Waals surface area contributed by atoms with Gasteiger partial charge in [0.05, 0.1) is 12.8 Å². The van der Waals surface area contributed by atoms with Crippen LogP contribution in [0.25, 0.3) is 0 Å². The second-order valence-corrected chi connectivity index (χ2v) is 7.87. The minimum Gasteiger partial charge on any atom is -0.325 e. The topological polar surface area (TPSA) is 66.5 Å². The van der Waals surface area contributed by atoms with Gasteiger partial charge in [-0.2, -0.15) is 4.31 Å². The first-order chi connectivity index (χ1) is 11.7. The number of hydrogen-bond donors (Lipinski definition) is 1. The molecule has 0 heterocycles. The number of hydrogen-bond acceptors (Lipinski definition) is 3. The van der Waals surface area contributed by atoms with E-state index in [1.54, 1.807) is 24.3 Å². The Morgan fingerprint density at radius 2 is 1.68 bits per heavy atom. The highest BCUT2D eigenvalue weighted by molar-refractivity contribution is 7.88. The summed E-state index contributed by atoms with van der Waals surface area (Å²) in [6.07, 6.45) is 1.46. The quantitative estimate of drug-likeness (QED) is 0.821. The van der Waals surface area contributed by atoms with Gasteiger partial charge in [0.2, 0.25) is 15.9 Å². The molecule has 5 nitrogen and oxygen atoms in total. The third-order valence-corrected chi connectivity index (χ3v) is 4.94. The van der Waals surface area contributed by atoms with Gasteiger partial charge in [-0.1, -0.05) is 29.8 Å². The molecule has 1 amide bonds. The SMILES string of the molecule is Cc1ccc(NC(=O)CN(CCc2ccc(F)cc2)S(C)(=O)=O)cc1. The second-order valence-electron chi connectivity index (χ2n) is 5.89. The van der Waals surface area contributed by atoms with Gasteiger partial charge < -0.3 is 5.32 Å². The van der Waals surface area contributed by atoms with Crippen molar-refractivity contribution in [2.75, 3.05) is 24.7 Å². The van der Waals surface area contributed by atoms with Gasteiger partial charge in [0, 0.05) is 12.2 Å². The number of aryl methyl sites for hydroxylation is 1. The Morgan fingerprint density at radius 3 is 2.24 bits per heavy atom. The summed E-state index contributed by atoms with van der Waals surface area (Å²) < 4.78 is 37.9. The maximum Gasteiger partial charge on any atom is 0.239 e. The van der Waals surface area contributed by atoms with Gasteiger partial charge in [-0.3, -0.25) is 4.79 Å². The Hall–Kier alpha value is -2.25. The lowest BCUT2D eigenvalue weighted by Crippen LogP contribution is -2.38. The van der Waals surface area contributed by atoms with Crippen LogP contribution in [0, 0.1) is 12.7 Å². The highest BCUT2D eigenvalue weighted by Crippen LogP contribution is 2.10. The van der Waals surface area contributed by atoms with Crippen LogP contribution in [0.4, 0.5) is 10.1 Å². The van der Waals surface area contributed by atoms with Crippen molar-refractivity contribution < 1.29 is 17.6 Å². The molecule has 0 spiro atoms. The van der Waals surface area contributed by atoms with Gasteiger partial charge in [0.1, 0.15) is 5.82 Å². The van der Waals surface area contributed by atoms with Crippen LogP contribution in [0.15, 0.2) is 48.5 Å². The zero-order valence-corrected chi connectivity index (χ0v) is 15.0. The van der Waals surface area contributed by atoms with Crippen molar-refractivity contribution in [3.63, 3.8) is 0 Å². The molecule has 0 radical (unpaired) electrons. The zero-order chi connectivity index (χ0) is 18.4. The summed E-state index contributed by atoms with van der Waals surface area (Å²) in [6.45, 7) is 1.81. The first-order valence-electron chi connectivity index (χ1n) is 7.80. The Morgan fingerprint density at radius 1 is 1.08 bits per heavy atom. The normalized spacial score (nSPS) is 11.5. The maximum atomic E-state index is 12.9. The lowest BCUT2D eigenvalue weighted by atomic mass is 10.1. The van der Waals surface area contributed by atoms with Crippen molar-refractivity contribution in [1.82, 2.24) is 4.31 Å². The van der Waals surface area contributed by atoms with Crippen molar-refractivity contribution in [1.29, 1.82) is 0 Å². The summed E-state index contributed by atoms with van der Waals surface area (Å²) in [5, 5.41) is 2.68. The smallest absolute Gasteiger partial charge is 0.239 e. The van der Waals surface area contributed by atoms with Crippen molar-refractivity contribution in [3.8, 4) is 0 Å². The number of amides is 1. The molecule has 0 aliphatic rings. The highest BCUT2D eigenvalue weighted by atomic mass is 32.2. The molecule has 0 aliphatic carbocycles. The van der Waals surface area contributed by atoms with Gasteiger partial charge in [-0.25, -0.2) is 12.8 Å². The molecule has 25 heavy (non-hydrogen) atoms. The van der Waals surface area contributed by atoms with E-state index in [9.17, 15) is 17.6 Å². The fraction of sp³-hybridized carbons (Fsp3) is 0.278. The molecule has 2 aromatic rings. The van der Waals surface area contributed by atoms with E-state index in [4.69, 9.17) is 0 Å². The zero-order valence-electron chi connectivity index (χ0n) is 14.2. The summed E-state index contributed by atoms with van der Waals surface area (Å²) in [4.78, 5) is 12.1. The number of nitrogens with zero attached hydrogens (tertiary/aromatic N) is 1. The van der Waals surface area contributed by atoms with E-state index >= 15 is 0 Å². The van der Waals surface area contributed by atoms with E-state index in [1.807, 2.05) is 19.1 Å². The van der Waals surface area contributed by atoms with E-state index in [1.165, 1.54) is 12.1 Å². The molecule has 0 atom stereocenters.